The molecule has 1 N–H and O–H groups in total. The third-order valence-electron chi connectivity index (χ3n) is 1.66. The van der Waals surface area contributed by atoms with Gasteiger partial charge in [0, 0.05) is 13.5 Å². The number of rotatable bonds is 6. The molecule has 0 fully saturated rings. The quantitative estimate of drug-likeness (QED) is 0.626. The summed E-state index contributed by atoms with van der Waals surface area (Å²) < 4.78 is 0. The molecular formula is C11H19NO. The molecule has 0 aromatic carbocycles. The molecule has 0 bridgehead atoms. The van der Waals surface area contributed by atoms with Crippen LogP contribution >= 0.6 is 0 Å². The highest BCUT2D eigenvalue weighted by Gasteiger charge is 1.92. The average Bonchev–Trinajstić information content (AvgIpc) is 2.16. The van der Waals surface area contributed by atoms with E-state index in [1.165, 1.54) is 6.42 Å². The Kier molecular flexibility index (Phi) is 8.31. The lowest BCUT2D eigenvalue weighted by molar-refractivity contribution is -0.120. The fraction of sp³-hybridized carbons (Fsp3) is 0.545. The first-order valence-corrected chi connectivity index (χ1v) is 4.83. The van der Waals surface area contributed by atoms with Crippen LogP contribution in [0, 0.1) is 0 Å². The summed E-state index contributed by atoms with van der Waals surface area (Å²) in [7, 11) is 1.66. The summed E-state index contributed by atoms with van der Waals surface area (Å²) >= 11 is 0. The van der Waals surface area contributed by atoms with Gasteiger partial charge in [0.2, 0.25) is 5.91 Å². The maximum absolute atomic E-state index is 10.8. The van der Waals surface area contributed by atoms with Crippen LogP contribution in [0.15, 0.2) is 24.3 Å². The third kappa shape index (κ3) is 8.86. The minimum absolute atomic E-state index is 0.0992. The second-order valence-electron chi connectivity index (χ2n) is 2.86. The predicted octanol–water partition coefficient (Wildman–Crippen LogP) is 2.43. The Labute approximate surface area is 80.7 Å². The Morgan fingerprint density at radius 2 is 1.85 bits per heavy atom. The van der Waals surface area contributed by atoms with Gasteiger partial charge in [0.15, 0.2) is 0 Å². The molecule has 0 atom stereocenters. The summed E-state index contributed by atoms with van der Waals surface area (Å²) in [6, 6.07) is 0. The summed E-state index contributed by atoms with van der Waals surface area (Å²) in [6.45, 7) is 2.15. The molecule has 13 heavy (non-hydrogen) atoms. The number of unbranched alkanes of at least 4 members (excludes halogenated alkanes) is 1. The molecule has 0 saturated carbocycles. The number of nitrogens with one attached hydrogen (secondary N) is 1. The highest BCUT2D eigenvalue weighted by molar-refractivity contribution is 5.75. The van der Waals surface area contributed by atoms with Gasteiger partial charge in [0.25, 0.3) is 0 Å². The van der Waals surface area contributed by atoms with E-state index in [9.17, 15) is 4.79 Å². The molecule has 0 radical (unpaired) electrons. The van der Waals surface area contributed by atoms with Crippen molar-refractivity contribution in [3.05, 3.63) is 24.3 Å². The third-order valence-corrected chi connectivity index (χ3v) is 1.66. The number of allylic oxidation sites excluding steroid dienone is 4. The van der Waals surface area contributed by atoms with Crippen LogP contribution in [0.2, 0.25) is 0 Å². The lowest BCUT2D eigenvalue weighted by atomic mass is 10.2. The fourth-order valence-electron chi connectivity index (χ4n) is 0.856. The summed E-state index contributed by atoms with van der Waals surface area (Å²) in [5, 5.41) is 2.59. The second kappa shape index (κ2) is 9.04. The minimum atomic E-state index is 0.0992. The van der Waals surface area contributed by atoms with Gasteiger partial charge in [0.05, 0.1) is 0 Å². The van der Waals surface area contributed by atoms with Crippen LogP contribution in [0.5, 0.6) is 0 Å². The molecule has 0 heterocycles. The van der Waals surface area contributed by atoms with Crippen molar-refractivity contribution in [1.82, 2.24) is 5.32 Å². The number of hydrogen-bond donors (Lipinski definition) is 1. The van der Waals surface area contributed by atoms with Gasteiger partial charge < -0.3 is 5.32 Å². The largest absolute Gasteiger partial charge is 0.359 e. The molecule has 0 unspecified atom stereocenters. The van der Waals surface area contributed by atoms with Gasteiger partial charge in [-0.2, -0.15) is 0 Å². The lowest BCUT2D eigenvalue weighted by Crippen LogP contribution is -2.16. The van der Waals surface area contributed by atoms with Crippen LogP contribution < -0.4 is 5.32 Å². The summed E-state index contributed by atoms with van der Waals surface area (Å²) in [4.78, 5) is 10.8. The van der Waals surface area contributed by atoms with Crippen molar-refractivity contribution in [3.63, 3.8) is 0 Å². The van der Waals surface area contributed by atoms with Gasteiger partial charge in [-0.1, -0.05) is 37.6 Å². The van der Waals surface area contributed by atoms with Crippen molar-refractivity contribution in [2.75, 3.05) is 7.05 Å². The summed E-state index contributed by atoms with van der Waals surface area (Å²) in [5.74, 6) is 0.0992. The molecule has 2 heteroatoms. The molecule has 0 aliphatic rings. The van der Waals surface area contributed by atoms with E-state index in [0.717, 1.165) is 12.8 Å². The summed E-state index contributed by atoms with van der Waals surface area (Å²) in [5.41, 5.74) is 0. The van der Waals surface area contributed by atoms with E-state index in [-0.39, 0.29) is 5.91 Å². The smallest absolute Gasteiger partial charge is 0.220 e. The Morgan fingerprint density at radius 1 is 1.23 bits per heavy atom. The molecule has 0 saturated heterocycles. The zero-order chi connectivity index (χ0) is 9.94. The highest BCUT2D eigenvalue weighted by Crippen LogP contribution is 1.93. The maximum Gasteiger partial charge on any atom is 0.220 e. The van der Waals surface area contributed by atoms with E-state index in [4.69, 9.17) is 0 Å². The van der Waals surface area contributed by atoms with E-state index < -0.39 is 0 Å². The van der Waals surface area contributed by atoms with Crippen LogP contribution in [0.25, 0.3) is 0 Å². The van der Waals surface area contributed by atoms with Crippen molar-refractivity contribution in [3.8, 4) is 0 Å². The van der Waals surface area contributed by atoms with Crippen LogP contribution in [0.4, 0.5) is 0 Å². The number of amides is 1. The standard InChI is InChI=1S/C11H19NO/c1-3-4-5-6-7-8-9-10-11(13)12-2/h5-8H,3-4,9-10H2,1-2H3,(H,12,13)/b6-5?,8-7-. The molecular weight excluding hydrogens is 162 g/mol. The average molecular weight is 181 g/mol. The maximum atomic E-state index is 10.8. The Bertz CT molecular complexity index is 183. The van der Waals surface area contributed by atoms with Gasteiger partial charge in [-0.15, -0.1) is 0 Å². The van der Waals surface area contributed by atoms with Gasteiger partial charge in [-0.05, 0) is 12.8 Å². The second-order valence-corrected chi connectivity index (χ2v) is 2.86. The number of hydrogen-bond acceptors (Lipinski definition) is 1. The van der Waals surface area contributed by atoms with E-state index in [0.29, 0.717) is 6.42 Å². The monoisotopic (exact) mass is 181 g/mol. The van der Waals surface area contributed by atoms with E-state index in [1.54, 1.807) is 7.05 Å². The number of carbonyl (C=O) groups is 1. The highest BCUT2D eigenvalue weighted by atomic mass is 16.1. The van der Waals surface area contributed by atoms with Crippen molar-refractivity contribution in [2.45, 2.75) is 32.6 Å². The Hall–Kier alpha value is -1.05. The van der Waals surface area contributed by atoms with Crippen LogP contribution in [0.3, 0.4) is 0 Å². The molecule has 74 valence electrons. The van der Waals surface area contributed by atoms with Gasteiger partial charge in [0.1, 0.15) is 0 Å². The first kappa shape index (κ1) is 11.9. The normalized spacial score (nSPS) is 11.2. The topological polar surface area (TPSA) is 29.1 Å². The SMILES string of the molecule is CCCC=C/C=C\CCC(=O)NC. The first-order valence-electron chi connectivity index (χ1n) is 4.83. The Morgan fingerprint density at radius 3 is 2.38 bits per heavy atom. The van der Waals surface area contributed by atoms with Crippen molar-refractivity contribution < 1.29 is 4.79 Å². The van der Waals surface area contributed by atoms with Gasteiger partial charge in [-0.25, -0.2) is 0 Å². The molecule has 0 aliphatic heterocycles. The molecule has 2 nitrogen and oxygen atoms in total. The first-order chi connectivity index (χ1) is 6.31. The van der Waals surface area contributed by atoms with E-state index in [2.05, 4.69) is 18.3 Å². The molecule has 0 aromatic rings. The lowest BCUT2D eigenvalue weighted by Gasteiger charge is -1.93. The molecule has 0 aliphatic carbocycles. The zero-order valence-corrected chi connectivity index (χ0v) is 8.55. The van der Waals surface area contributed by atoms with Crippen molar-refractivity contribution in [1.29, 1.82) is 0 Å². The molecule has 0 rings (SSSR count). The molecule has 0 aromatic heterocycles. The summed E-state index contributed by atoms with van der Waals surface area (Å²) in [6.07, 6.45) is 11.9. The van der Waals surface area contributed by atoms with Gasteiger partial charge in [-0.3, -0.25) is 4.79 Å². The van der Waals surface area contributed by atoms with Crippen molar-refractivity contribution in [2.24, 2.45) is 0 Å². The zero-order valence-electron chi connectivity index (χ0n) is 8.55. The van der Waals surface area contributed by atoms with Gasteiger partial charge >= 0.3 is 0 Å². The van der Waals surface area contributed by atoms with Crippen LogP contribution in [-0.4, -0.2) is 13.0 Å². The number of carbonyl (C=O) groups excluding carboxylic acids is 1. The minimum Gasteiger partial charge on any atom is -0.359 e. The fourth-order valence-corrected chi connectivity index (χ4v) is 0.856. The molecule has 0 spiro atoms. The van der Waals surface area contributed by atoms with E-state index >= 15 is 0 Å². The predicted molar refractivity (Wildman–Crippen MR) is 56.5 cm³/mol. The Balaban J connectivity index is 3.36. The van der Waals surface area contributed by atoms with Crippen LogP contribution in [0.1, 0.15) is 32.6 Å². The van der Waals surface area contributed by atoms with Crippen LogP contribution in [-0.2, 0) is 4.79 Å². The van der Waals surface area contributed by atoms with Crippen molar-refractivity contribution >= 4 is 5.91 Å². The van der Waals surface area contributed by atoms with E-state index in [1.807, 2.05) is 18.2 Å². The molecule has 1 amide bonds.